The summed E-state index contributed by atoms with van der Waals surface area (Å²) >= 11 is 0. The fraction of sp³-hybridized carbons (Fsp3) is 0. The highest BCUT2D eigenvalue weighted by Gasteiger charge is 2.42. The minimum atomic E-state index is -2.86. The van der Waals surface area contributed by atoms with Gasteiger partial charge in [0.05, 0.1) is 18.8 Å². The summed E-state index contributed by atoms with van der Waals surface area (Å²) in [5, 5.41) is 0. The molecule has 0 saturated heterocycles. The first kappa shape index (κ1) is 10.6. The van der Waals surface area contributed by atoms with E-state index < -0.39 is 8.80 Å². The molecule has 0 fully saturated rings. The third-order valence-electron chi connectivity index (χ3n) is 0.993. The van der Waals surface area contributed by atoms with Gasteiger partial charge < -0.3 is 13.3 Å². The minimum Gasteiger partial charge on any atom is -0.488 e. The van der Waals surface area contributed by atoms with Crippen molar-refractivity contribution in [1.29, 1.82) is 0 Å². The Balaban J connectivity index is 4.45. The Bertz CT molecular complexity index is 162. The summed E-state index contributed by atoms with van der Waals surface area (Å²) in [4.78, 5) is 0. The highest BCUT2D eigenvalue weighted by atomic mass is 28.4. The molecule has 66 valence electrons. The van der Waals surface area contributed by atoms with Crippen molar-refractivity contribution in [3.05, 3.63) is 50.8 Å². The molecule has 0 rings (SSSR count). The maximum Gasteiger partial charge on any atom is 0.727 e. The number of hydrogen-bond donors (Lipinski definition) is 0. The van der Waals surface area contributed by atoms with Crippen molar-refractivity contribution >= 4 is 8.80 Å². The van der Waals surface area contributed by atoms with Crippen molar-refractivity contribution in [2.45, 2.75) is 0 Å². The number of rotatable bonds is 7. The highest BCUT2D eigenvalue weighted by Crippen LogP contribution is 2.11. The largest absolute Gasteiger partial charge is 0.727 e. The summed E-state index contributed by atoms with van der Waals surface area (Å²) in [6.07, 6.45) is 3.71. The fourth-order valence-corrected chi connectivity index (χ4v) is 1.73. The van der Waals surface area contributed by atoms with E-state index in [0.717, 1.165) is 0 Å². The zero-order valence-corrected chi connectivity index (χ0v) is 7.86. The predicted octanol–water partition coefficient (Wildman–Crippen LogP) is 2.13. The first-order chi connectivity index (χ1) is 5.74. The van der Waals surface area contributed by atoms with E-state index >= 15 is 0 Å². The SMILES string of the molecule is C=CO[Si](C=C)(OC=C)OC=C. The van der Waals surface area contributed by atoms with E-state index in [9.17, 15) is 0 Å². The predicted molar refractivity (Wildman–Crippen MR) is 49.8 cm³/mol. The summed E-state index contributed by atoms with van der Waals surface area (Å²) < 4.78 is 15.2. The van der Waals surface area contributed by atoms with Gasteiger partial charge in [-0.3, -0.25) is 0 Å². The summed E-state index contributed by atoms with van der Waals surface area (Å²) in [7, 11) is -2.86. The zero-order valence-electron chi connectivity index (χ0n) is 6.86. The van der Waals surface area contributed by atoms with Crippen LogP contribution in [-0.4, -0.2) is 8.80 Å². The quantitative estimate of drug-likeness (QED) is 0.448. The Morgan fingerprint density at radius 2 is 1.08 bits per heavy atom. The second-order valence-electron chi connectivity index (χ2n) is 1.66. The fourth-order valence-electron chi connectivity index (χ4n) is 0.576. The summed E-state index contributed by atoms with van der Waals surface area (Å²) in [5.74, 6) is 0. The van der Waals surface area contributed by atoms with Gasteiger partial charge in [0.25, 0.3) is 0 Å². The van der Waals surface area contributed by atoms with Gasteiger partial charge >= 0.3 is 8.80 Å². The monoisotopic (exact) mass is 184 g/mol. The van der Waals surface area contributed by atoms with Crippen molar-refractivity contribution in [1.82, 2.24) is 0 Å². The van der Waals surface area contributed by atoms with E-state index in [0.29, 0.717) is 0 Å². The molecule has 0 spiro atoms. The second kappa shape index (κ2) is 5.26. The Hall–Kier alpha value is -1.42. The van der Waals surface area contributed by atoms with Gasteiger partial charge in [0, 0.05) is 5.70 Å². The second-order valence-corrected chi connectivity index (χ2v) is 3.98. The van der Waals surface area contributed by atoms with Crippen LogP contribution in [0.4, 0.5) is 0 Å². The lowest BCUT2D eigenvalue weighted by Crippen LogP contribution is -2.39. The van der Waals surface area contributed by atoms with E-state index in [1.807, 2.05) is 0 Å². The van der Waals surface area contributed by atoms with Gasteiger partial charge in [-0.15, -0.1) is 0 Å². The normalized spacial score (nSPS) is 9.33. The van der Waals surface area contributed by atoms with Crippen molar-refractivity contribution < 1.29 is 13.3 Å². The maximum absolute atomic E-state index is 5.06. The molecule has 0 amide bonds. The third-order valence-corrected chi connectivity index (χ3v) is 2.98. The van der Waals surface area contributed by atoms with Crippen molar-refractivity contribution in [2.75, 3.05) is 0 Å². The molecule has 0 unspecified atom stereocenters. The van der Waals surface area contributed by atoms with Crippen LogP contribution in [0.3, 0.4) is 0 Å². The van der Waals surface area contributed by atoms with E-state index in [2.05, 4.69) is 26.3 Å². The van der Waals surface area contributed by atoms with Crippen LogP contribution in [0.1, 0.15) is 0 Å². The minimum absolute atomic E-state index is 1.24. The molecule has 0 aliphatic carbocycles. The summed E-state index contributed by atoms with van der Waals surface area (Å²) in [6, 6.07) is 0. The molecule has 0 heterocycles. The average Bonchev–Trinajstić information content (AvgIpc) is 2.06. The molecule has 12 heavy (non-hydrogen) atoms. The van der Waals surface area contributed by atoms with Crippen LogP contribution in [0.25, 0.3) is 0 Å². The first-order valence-corrected chi connectivity index (χ1v) is 5.04. The van der Waals surface area contributed by atoms with E-state index in [1.54, 1.807) is 0 Å². The Kier molecular flexibility index (Phi) is 4.63. The van der Waals surface area contributed by atoms with Crippen LogP contribution in [-0.2, 0) is 13.3 Å². The van der Waals surface area contributed by atoms with Crippen LogP contribution in [0, 0.1) is 0 Å². The zero-order chi connectivity index (χ0) is 9.45. The average molecular weight is 184 g/mol. The molecule has 0 N–H and O–H groups in total. The van der Waals surface area contributed by atoms with Crippen LogP contribution < -0.4 is 0 Å². The molecule has 0 aliphatic heterocycles. The van der Waals surface area contributed by atoms with Crippen LogP contribution >= 0.6 is 0 Å². The molecular formula is C8H12O3Si. The first-order valence-electron chi connectivity index (χ1n) is 3.24. The van der Waals surface area contributed by atoms with Gasteiger partial charge in [0.15, 0.2) is 0 Å². The van der Waals surface area contributed by atoms with Gasteiger partial charge in [0.1, 0.15) is 0 Å². The van der Waals surface area contributed by atoms with Crippen LogP contribution in [0.15, 0.2) is 50.8 Å². The lowest BCUT2D eigenvalue weighted by atomic mass is 11.2. The highest BCUT2D eigenvalue weighted by molar-refractivity contribution is 6.66. The summed E-state index contributed by atoms with van der Waals surface area (Å²) in [6.45, 7) is 13.7. The van der Waals surface area contributed by atoms with Gasteiger partial charge in [-0.05, 0) is 0 Å². The molecule has 0 aromatic rings. The molecule has 0 bridgehead atoms. The Labute approximate surface area is 73.6 Å². The molecule has 0 aliphatic rings. The molecule has 0 aromatic carbocycles. The van der Waals surface area contributed by atoms with Crippen molar-refractivity contribution in [2.24, 2.45) is 0 Å². The van der Waals surface area contributed by atoms with Gasteiger partial charge in [-0.2, -0.15) is 0 Å². The van der Waals surface area contributed by atoms with Crippen molar-refractivity contribution in [3.63, 3.8) is 0 Å². The van der Waals surface area contributed by atoms with Gasteiger partial charge in [0.2, 0.25) is 0 Å². The topological polar surface area (TPSA) is 27.7 Å². The van der Waals surface area contributed by atoms with E-state index in [-0.39, 0.29) is 0 Å². The number of hydrogen-bond acceptors (Lipinski definition) is 3. The molecular weight excluding hydrogens is 172 g/mol. The Morgan fingerprint density at radius 1 is 0.750 bits per heavy atom. The van der Waals surface area contributed by atoms with Crippen LogP contribution in [0.2, 0.25) is 0 Å². The lowest BCUT2D eigenvalue weighted by molar-refractivity contribution is 0.198. The maximum atomic E-state index is 5.06. The molecule has 0 radical (unpaired) electrons. The van der Waals surface area contributed by atoms with Crippen LogP contribution in [0.5, 0.6) is 0 Å². The van der Waals surface area contributed by atoms with Gasteiger partial charge in [-0.1, -0.05) is 26.3 Å². The molecule has 3 nitrogen and oxygen atoms in total. The van der Waals surface area contributed by atoms with Gasteiger partial charge in [-0.25, -0.2) is 0 Å². The molecule has 0 aromatic heterocycles. The molecule has 0 saturated carbocycles. The third kappa shape index (κ3) is 2.67. The van der Waals surface area contributed by atoms with E-state index in [4.69, 9.17) is 13.3 Å². The molecule has 4 heteroatoms. The standard InChI is InChI=1S/C8H12O3Si/c1-5-9-12(8-4,10-6-2)11-7-3/h5-8H,1-4H2. The smallest absolute Gasteiger partial charge is 0.488 e. The lowest BCUT2D eigenvalue weighted by Gasteiger charge is -2.21. The van der Waals surface area contributed by atoms with E-state index in [1.165, 1.54) is 24.5 Å². The molecule has 0 atom stereocenters. The Morgan fingerprint density at radius 3 is 1.25 bits per heavy atom. The summed E-state index contributed by atoms with van der Waals surface area (Å²) in [5.41, 5.74) is 1.46. The van der Waals surface area contributed by atoms with Crippen molar-refractivity contribution in [3.8, 4) is 0 Å².